The van der Waals surface area contributed by atoms with Crippen LogP contribution in [-0.2, 0) is 22.3 Å². The van der Waals surface area contributed by atoms with E-state index in [1.807, 2.05) is 109 Å². The Bertz CT molecular complexity index is 1190. The van der Waals surface area contributed by atoms with Crippen molar-refractivity contribution >= 4 is 31.1 Å². The minimum Gasteiger partial charge on any atom is -0.320 e. The molecule has 0 spiro atoms. The number of benzene rings is 4. The van der Waals surface area contributed by atoms with E-state index in [4.69, 9.17) is 15.5 Å². The summed E-state index contributed by atoms with van der Waals surface area (Å²) in [4.78, 5) is 0. The molecule has 0 bridgehead atoms. The average Bonchev–Trinajstić information content (AvgIpc) is 2.93. The van der Waals surface area contributed by atoms with Gasteiger partial charge in [0.2, 0.25) is 0 Å². The molecule has 172 valence electrons. The van der Waals surface area contributed by atoms with Crippen LogP contribution in [0.4, 0.5) is 22.7 Å². The third-order valence-electron chi connectivity index (χ3n) is 4.75. The highest BCUT2D eigenvalue weighted by molar-refractivity contribution is 7.52. The van der Waals surface area contributed by atoms with Crippen molar-refractivity contribution in [2.45, 2.75) is 13.2 Å². The standard InChI is InChI=1S/C28H23N4O2P/c1-2-35(33-21-23-13-17-27(18-14-23)31-29-25-9-5-3-6-10-25)34-22-24-15-19-28(20-16-24)32-30-26-11-7-4-8-12-26/h1,3-20H,21-22H2/b31-29+,32-30+. The van der Waals surface area contributed by atoms with E-state index >= 15 is 0 Å². The lowest BCUT2D eigenvalue weighted by molar-refractivity contribution is 0.243. The van der Waals surface area contributed by atoms with E-state index in [0.717, 1.165) is 33.9 Å². The van der Waals surface area contributed by atoms with Crippen LogP contribution in [0.25, 0.3) is 0 Å². The number of terminal acetylenes is 1. The van der Waals surface area contributed by atoms with Crippen LogP contribution in [0.15, 0.2) is 130 Å². The SMILES string of the molecule is C#CP(OCc1ccc(/N=N/c2ccccc2)cc1)OCc1ccc(/N=N/c2ccccc2)cc1. The number of hydrogen-bond donors (Lipinski definition) is 0. The molecule has 4 rings (SSSR count). The summed E-state index contributed by atoms with van der Waals surface area (Å²) in [5.41, 5.74) is 7.69. The summed E-state index contributed by atoms with van der Waals surface area (Å²) in [6.45, 7) is 0.704. The third kappa shape index (κ3) is 8.06. The maximum Gasteiger partial charge on any atom is 0.257 e. The number of rotatable bonds is 10. The molecule has 4 aromatic carbocycles. The highest BCUT2D eigenvalue weighted by atomic mass is 31.2. The maximum atomic E-state index is 5.80. The molecular formula is C28H23N4O2P. The van der Waals surface area contributed by atoms with E-state index in [0.29, 0.717) is 13.2 Å². The van der Waals surface area contributed by atoms with Gasteiger partial charge in [-0.3, -0.25) is 0 Å². The second kappa shape index (κ2) is 13.0. The van der Waals surface area contributed by atoms with Gasteiger partial charge >= 0.3 is 0 Å². The molecule has 0 saturated carbocycles. The van der Waals surface area contributed by atoms with Crippen molar-refractivity contribution < 1.29 is 9.05 Å². The van der Waals surface area contributed by atoms with Crippen molar-refractivity contribution in [2.75, 3.05) is 0 Å². The quantitative estimate of drug-likeness (QED) is 0.130. The normalized spacial score (nSPS) is 11.3. The number of nitrogens with zero attached hydrogens (tertiary/aromatic N) is 4. The lowest BCUT2D eigenvalue weighted by Gasteiger charge is -2.12. The summed E-state index contributed by atoms with van der Waals surface area (Å²) in [5, 5.41) is 16.9. The Morgan fingerprint density at radius 3 is 1.20 bits per heavy atom. The Hall–Kier alpha value is -4.01. The van der Waals surface area contributed by atoms with Crippen LogP contribution in [0.1, 0.15) is 11.1 Å². The van der Waals surface area contributed by atoms with Gasteiger partial charge in [-0.1, -0.05) is 60.7 Å². The van der Waals surface area contributed by atoms with E-state index < -0.39 is 8.38 Å². The van der Waals surface area contributed by atoms with Crippen molar-refractivity contribution in [3.8, 4) is 12.1 Å². The zero-order chi connectivity index (χ0) is 24.1. The first kappa shape index (κ1) is 24.1. The summed E-state index contributed by atoms with van der Waals surface area (Å²) in [6, 6.07) is 34.5. The summed E-state index contributed by atoms with van der Waals surface area (Å²) in [6.07, 6.45) is 5.61. The second-order valence-electron chi connectivity index (χ2n) is 7.34. The molecule has 0 aromatic heterocycles. The van der Waals surface area contributed by atoms with E-state index in [-0.39, 0.29) is 0 Å². The molecule has 0 saturated heterocycles. The smallest absolute Gasteiger partial charge is 0.257 e. The topological polar surface area (TPSA) is 67.9 Å². The van der Waals surface area contributed by atoms with Gasteiger partial charge in [0.05, 0.1) is 36.0 Å². The van der Waals surface area contributed by atoms with Crippen LogP contribution < -0.4 is 0 Å². The fraction of sp³-hybridized carbons (Fsp3) is 0.0714. The fourth-order valence-electron chi connectivity index (χ4n) is 2.92. The number of azo groups is 2. The molecule has 0 aliphatic rings. The first-order chi connectivity index (χ1) is 17.3. The largest absolute Gasteiger partial charge is 0.320 e. The predicted octanol–water partition coefficient (Wildman–Crippen LogP) is 9.15. The molecule has 6 nitrogen and oxygen atoms in total. The third-order valence-corrected chi connectivity index (χ3v) is 5.69. The first-order valence-electron chi connectivity index (χ1n) is 10.9. The molecule has 0 aliphatic carbocycles. The molecule has 0 radical (unpaired) electrons. The molecule has 0 amide bonds. The molecule has 35 heavy (non-hydrogen) atoms. The lowest BCUT2D eigenvalue weighted by Crippen LogP contribution is -1.92. The highest BCUT2D eigenvalue weighted by Crippen LogP contribution is 2.39. The molecule has 0 atom stereocenters. The van der Waals surface area contributed by atoms with Crippen molar-refractivity contribution in [1.82, 2.24) is 0 Å². The van der Waals surface area contributed by atoms with Gasteiger partial charge in [-0.15, -0.1) is 6.42 Å². The van der Waals surface area contributed by atoms with Gasteiger partial charge in [-0.25, -0.2) is 0 Å². The van der Waals surface area contributed by atoms with E-state index in [9.17, 15) is 0 Å². The predicted molar refractivity (Wildman–Crippen MR) is 139 cm³/mol. The fourth-order valence-corrected chi connectivity index (χ4v) is 3.67. The van der Waals surface area contributed by atoms with Crippen LogP contribution >= 0.6 is 8.38 Å². The molecule has 0 unspecified atom stereocenters. The van der Waals surface area contributed by atoms with Gasteiger partial charge in [-0.05, 0) is 65.3 Å². The monoisotopic (exact) mass is 478 g/mol. The molecule has 0 aliphatic heterocycles. The summed E-state index contributed by atoms with van der Waals surface area (Å²) in [7, 11) is -1.45. The zero-order valence-corrected chi connectivity index (χ0v) is 19.8. The molecular weight excluding hydrogens is 455 g/mol. The number of hydrogen-bond acceptors (Lipinski definition) is 6. The summed E-state index contributed by atoms with van der Waals surface area (Å²) in [5.74, 6) is 0. The molecule has 0 fully saturated rings. The van der Waals surface area contributed by atoms with Crippen molar-refractivity contribution in [2.24, 2.45) is 20.5 Å². The molecule has 0 heterocycles. The Morgan fingerprint density at radius 1 is 0.514 bits per heavy atom. The van der Waals surface area contributed by atoms with Crippen LogP contribution in [0.2, 0.25) is 0 Å². The zero-order valence-electron chi connectivity index (χ0n) is 18.9. The van der Waals surface area contributed by atoms with Gasteiger partial charge in [0, 0.05) is 0 Å². The molecule has 7 heteroatoms. The van der Waals surface area contributed by atoms with Crippen molar-refractivity contribution in [1.29, 1.82) is 0 Å². The second-order valence-corrected chi connectivity index (χ2v) is 8.63. The lowest BCUT2D eigenvalue weighted by atomic mass is 10.2. The Labute approximate surface area is 206 Å². The minimum atomic E-state index is -1.45. The maximum absolute atomic E-state index is 5.80. The van der Waals surface area contributed by atoms with Crippen molar-refractivity contribution in [3.05, 3.63) is 120 Å². The Morgan fingerprint density at radius 2 is 0.857 bits per heavy atom. The minimum absolute atomic E-state index is 0.352. The molecule has 4 aromatic rings. The summed E-state index contributed by atoms with van der Waals surface area (Å²) < 4.78 is 11.6. The van der Waals surface area contributed by atoms with Crippen LogP contribution in [-0.4, -0.2) is 0 Å². The molecule has 0 N–H and O–H groups in total. The van der Waals surface area contributed by atoms with Crippen molar-refractivity contribution in [3.63, 3.8) is 0 Å². The Balaban J connectivity index is 1.23. The van der Waals surface area contributed by atoms with Crippen LogP contribution in [0.3, 0.4) is 0 Å². The van der Waals surface area contributed by atoms with Gasteiger partial charge in [-0.2, -0.15) is 20.5 Å². The van der Waals surface area contributed by atoms with Gasteiger partial charge in [0.1, 0.15) is 0 Å². The van der Waals surface area contributed by atoms with Gasteiger partial charge < -0.3 is 9.05 Å². The average molecular weight is 478 g/mol. The van der Waals surface area contributed by atoms with Crippen LogP contribution in [0, 0.1) is 12.1 Å². The van der Waals surface area contributed by atoms with E-state index in [1.54, 1.807) is 0 Å². The Kier molecular flexibility index (Phi) is 8.98. The van der Waals surface area contributed by atoms with Gasteiger partial charge in [0.15, 0.2) is 0 Å². The first-order valence-corrected chi connectivity index (χ1v) is 12.1. The van der Waals surface area contributed by atoms with Gasteiger partial charge in [0.25, 0.3) is 8.38 Å². The highest BCUT2D eigenvalue weighted by Gasteiger charge is 2.08. The summed E-state index contributed by atoms with van der Waals surface area (Å²) >= 11 is 0. The van der Waals surface area contributed by atoms with E-state index in [2.05, 4.69) is 26.1 Å². The van der Waals surface area contributed by atoms with Crippen LogP contribution in [0.5, 0.6) is 0 Å². The van der Waals surface area contributed by atoms with E-state index in [1.165, 1.54) is 0 Å².